The smallest absolute Gasteiger partial charge is 0.462 e. The first-order valence-electron chi connectivity index (χ1n) is 41.5. The fourth-order valence-corrected chi connectivity index (χ4v) is 13.9. The van der Waals surface area contributed by atoms with Gasteiger partial charge in [-0.05, 0) is 37.5 Å². The molecule has 0 rings (SSSR count). The minimum absolute atomic E-state index is 0.108. The highest BCUT2D eigenvalue weighted by atomic mass is 31.2. The summed E-state index contributed by atoms with van der Waals surface area (Å²) in [5, 5.41) is 10.6. The van der Waals surface area contributed by atoms with E-state index in [0.29, 0.717) is 25.7 Å². The van der Waals surface area contributed by atoms with Crippen LogP contribution in [0.25, 0.3) is 0 Å². The minimum atomic E-state index is -4.96. The van der Waals surface area contributed by atoms with Crippen LogP contribution in [0.3, 0.4) is 0 Å². The van der Waals surface area contributed by atoms with Crippen molar-refractivity contribution in [2.75, 3.05) is 39.6 Å². The number of ether oxygens (including phenoxy) is 4. The van der Waals surface area contributed by atoms with E-state index >= 15 is 0 Å². The standard InChI is InChI=1S/C80H156O17P2/c1-7-9-11-13-15-17-19-20-26-34-40-46-52-58-64-79(84)96-75(68-90-77(82)62-56-50-44-38-30-18-16-14-12-10-8-2)70-94-98(86,87)92-66-74(81)67-93-99(88,89)95-71-76(69-91-78(83)63-57-51-45-39-33-29-28-32-37-43-49-55-61-73(5)6)97-80(85)65-59-53-47-41-35-27-24-22-21-23-25-31-36-42-48-54-60-72(3)4/h72-76,81H,7-71H2,1-6H3,(H,86,87)(H,88,89)/t74-,75+,76+/m0/s1. The number of aliphatic hydroxyl groups excluding tert-OH is 1. The fraction of sp³-hybridized carbons (Fsp3) is 0.950. The fourth-order valence-electron chi connectivity index (χ4n) is 12.4. The van der Waals surface area contributed by atoms with Crippen LogP contribution in [0.1, 0.15) is 420 Å². The molecule has 0 heterocycles. The summed E-state index contributed by atoms with van der Waals surface area (Å²) in [4.78, 5) is 73.0. The highest BCUT2D eigenvalue weighted by molar-refractivity contribution is 7.47. The molecule has 2 unspecified atom stereocenters. The number of phosphoric acid groups is 2. The molecule has 0 fully saturated rings. The molecule has 0 aliphatic rings. The van der Waals surface area contributed by atoms with Crippen molar-refractivity contribution in [3.63, 3.8) is 0 Å². The van der Waals surface area contributed by atoms with Gasteiger partial charge in [-0.2, -0.15) is 0 Å². The number of esters is 4. The molecular formula is C80H156O17P2. The summed E-state index contributed by atoms with van der Waals surface area (Å²) < 4.78 is 68.7. The lowest BCUT2D eigenvalue weighted by Gasteiger charge is -2.21. The van der Waals surface area contributed by atoms with E-state index in [9.17, 15) is 43.2 Å². The summed E-state index contributed by atoms with van der Waals surface area (Å²) in [5.74, 6) is -0.516. The van der Waals surface area contributed by atoms with Crippen LogP contribution in [0.4, 0.5) is 0 Å². The summed E-state index contributed by atoms with van der Waals surface area (Å²) in [7, 11) is -9.92. The number of hydrogen-bond acceptors (Lipinski definition) is 15. The first-order chi connectivity index (χ1) is 47.9. The van der Waals surface area contributed by atoms with Crippen LogP contribution in [0.2, 0.25) is 0 Å². The lowest BCUT2D eigenvalue weighted by atomic mass is 10.0. The summed E-state index contributed by atoms with van der Waals surface area (Å²) in [6, 6.07) is 0. The van der Waals surface area contributed by atoms with Crippen molar-refractivity contribution in [1.82, 2.24) is 0 Å². The van der Waals surface area contributed by atoms with Crippen LogP contribution in [0.5, 0.6) is 0 Å². The summed E-state index contributed by atoms with van der Waals surface area (Å²) >= 11 is 0. The summed E-state index contributed by atoms with van der Waals surface area (Å²) in [6.45, 7) is 9.67. The Kier molecular flexibility index (Phi) is 70.3. The van der Waals surface area contributed by atoms with Crippen molar-refractivity contribution in [2.24, 2.45) is 11.8 Å². The van der Waals surface area contributed by atoms with E-state index in [1.165, 1.54) is 238 Å². The molecule has 0 aliphatic heterocycles. The third-order valence-electron chi connectivity index (χ3n) is 18.7. The maximum atomic E-state index is 13.1. The average Bonchev–Trinajstić information content (AvgIpc) is 1.04. The molecule has 0 bridgehead atoms. The van der Waals surface area contributed by atoms with E-state index in [0.717, 1.165) is 102 Å². The van der Waals surface area contributed by atoms with Crippen LogP contribution in [-0.4, -0.2) is 96.7 Å². The highest BCUT2D eigenvalue weighted by Crippen LogP contribution is 2.45. The Hall–Kier alpha value is -1.94. The zero-order valence-electron chi connectivity index (χ0n) is 64.8. The molecule has 0 spiro atoms. The highest BCUT2D eigenvalue weighted by Gasteiger charge is 2.30. The Morgan fingerprint density at radius 1 is 0.273 bits per heavy atom. The normalized spacial score (nSPS) is 13.9. The van der Waals surface area contributed by atoms with E-state index < -0.39 is 97.5 Å². The SMILES string of the molecule is CCCCCCCCCCCCCCCCC(=O)O[C@H](COC(=O)CCCCCCCCCCCCC)COP(=O)(O)OC[C@H](O)COP(=O)(O)OC[C@@H](COC(=O)CCCCCCCCCCCCCCC(C)C)OC(=O)CCCCCCCCCCCCCCCCCCC(C)C. The number of carbonyl (C=O) groups is 4. The van der Waals surface area contributed by atoms with Gasteiger partial charge in [-0.25, -0.2) is 9.13 Å². The number of aliphatic hydroxyl groups is 1. The van der Waals surface area contributed by atoms with Crippen LogP contribution in [0, 0.1) is 11.8 Å². The molecule has 0 aliphatic carbocycles. The second kappa shape index (κ2) is 71.7. The molecule has 0 aromatic heterocycles. The summed E-state index contributed by atoms with van der Waals surface area (Å²) in [5.41, 5.74) is 0. The Labute approximate surface area is 607 Å². The molecule has 19 heteroatoms. The van der Waals surface area contributed by atoms with Crippen molar-refractivity contribution in [2.45, 2.75) is 439 Å². The number of unbranched alkanes of at least 4 members (excludes halogenated alkanes) is 49. The Bertz CT molecular complexity index is 1910. The van der Waals surface area contributed by atoms with Gasteiger partial charge in [0, 0.05) is 25.7 Å². The largest absolute Gasteiger partial charge is 0.472 e. The molecule has 0 aromatic rings. The zero-order chi connectivity index (χ0) is 72.8. The summed E-state index contributed by atoms with van der Waals surface area (Å²) in [6.07, 6.45) is 60.9. The molecule has 0 saturated carbocycles. The van der Waals surface area contributed by atoms with E-state index in [1.807, 2.05) is 0 Å². The number of carbonyl (C=O) groups excluding carboxylic acids is 4. The monoisotopic (exact) mass is 1450 g/mol. The molecule has 588 valence electrons. The van der Waals surface area contributed by atoms with Gasteiger partial charge in [-0.1, -0.05) is 369 Å². The molecule has 99 heavy (non-hydrogen) atoms. The van der Waals surface area contributed by atoms with Crippen LogP contribution >= 0.6 is 15.6 Å². The predicted molar refractivity (Wildman–Crippen MR) is 405 cm³/mol. The Balaban J connectivity index is 5.25. The minimum Gasteiger partial charge on any atom is -0.462 e. The van der Waals surface area contributed by atoms with Gasteiger partial charge in [0.05, 0.1) is 26.4 Å². The number of rotatable bonds is 79. The molecule has 17 nitrogen and oxygen atoms in total. The Morgan fingerprint density at radius 3 is 0.687 bits per heavy atom. The first-order valence-corrected chi connectivity index (χ1v) is 44.5. The quantitative estimate of drug-likeness (QED) is 0.0222. The van der Waals surface area contributed by atoms with Crippen molar-refractivity contribution < 1.29 is 80.2 Å². The molecule has 3 N–H and O–H groups in total. The van der Waals surface area contributed by atoms with Gasteiger partial charge >= 0.3 is 39.5 Å². The van der Waals surface area contributed by atoms with Crippen LogP contribution in [-0.2, 0) is 65.4 Å². The molecule has 0 radical (unpaired) electrons. The van der Waals surface area contributed by atoms with E-state index in [4.69, 9.17) is 37.0 Å². The second-order valence-corrected chi connectivity index (χ2v) is 32.7. The lowest BCUT2D eigenvalue weighted by Crippen LogP contribution is -2.30. The topological polar surface area (TPSA) is 237 Å². The number of phosphoric ester groups is 2. The number of hydrogen-bond donors (Lipinski definition) is 3. The van der Waals surface area contributed by atoms with Gasteiger partial charge in [-0.3, -0.25) is 37.3 Å². The maximum absolute atomic E-state index is 13.1. The van der Waals surface area contributed by atoms with E-state index in [-0.39, 0.29) is 25.7 Å². The maximum Gasteiger partial charge on any atom is 0.472 e. The third kappa shape index (κ3) is 74.1. The zero-order valence-corrected chi connectivity index (χ0v) is 66.6. The van der Waals surface area contributed by atoms with Crippen molar-refractivity contribution in [1.29, 1.82) is 0 Å². The van der Waals surface area contributed by atoms with Gasteiger partial charge < -0.3 is 33.8 Å². The van der Waals surface area contributed by atoms with Crippen molar-refractivity contribution >= 4 is 39.5 Å². The van der Waals surface area contributed by atoms with Gasteiger partial charge in [0.15, 0.2) is 12.2 Å². The lowest BCUT2D eigenvalue weighted by molar-refractivity contribution is -0.161. The molecular weight excluding hydrogens is 1290 g/mol. The van der Waals surface area contributed by atoms with Gasteiger partial charge in [0.1, 0.15) is 19.3 Å². The second-order valence-electron chi connectivity index (χ2n) is 29.8. The van der Waals surface area contributed by atoms with Crippen molar-refractivity contribution in [3.05, 3.63) is 0 Å². The molecule has 5 atom stereocenters. The van der Waals surface area contributed by atoms with Gasteiger partial charge in [0.25, 0.3) is 0 Å². The average molecular weight is 1450 g/mol. The first kappa shape index (κ1) is 97.1. The van der Waals surface area contributed by atoms with E-state index in [2.05, 4.69) is 41.5 Å². The van der Waals surface area contributed by atoms with E-state index in [1.54, 1.807) is 0 Å². The predicted octanol–water partition coefficient (Wildman–Crippen LogP) is 23.9. The van der Waals surface area contributed by atoms with Crippen LogP contribution < -0.4 is 0 Å². The third-order valence-corrected chi connectivity index (χ3v) is 20.6. The van der Waals surface area contributed by atoms with Gasteiger partial charge in [-0.15, -0.1) is 0 Å². The molecule has 0 saturated heterocycles. The Morgan fingerprint density at radius 2 is 0.465 bits per heavy atom. The van der Waals surface area contributed by atoms with Crippen molar-refractivity contribution in [3.8, 4) is 0 Å². The molecule has 0 aromatic carbocycles. The van der Waals surface area contributed by atoms with Crippen LogP contribution in [0.15, 0.2) is 0 Å². The molecule has 0 amide bonds. The van der Waals surface area contributed by atoms with Gasteiger partial charge in [0.2, 0.25) is 0 Å².